The van der Waals surface area contributed by atoms with Crippen molar-refractivity contribution in [3.63, 3.8) is 0 Å². The third-order valence-electron chi connectivity index (χ3n) is 1.72. The van der Waals surface area contributed by atoms with E-state index in [4.69, 9.17) is 5.26 Å². The Morgan fingerprint density at radius 1 is 1.44 bits per heavy atom. The summed E-state index contributed by atoms with van der Waals surface area (Å²) in [5, 5.41) is 11.2. The van der Waals surface area contributed by atoms with E-state index < -0.39 is 5.54 Å². The fourth-order valence-electron chi connectivity index (χ4n) is 1.09. The van der Waals surface area contributed by atoms with Gasteiger partial charge in [-0.15, -0.1) is 5.92 Å². The molecule has 0 bridgehead atoms. The number of hydrogen-bond acceptors (Lipinski definition) is 3. The Morgan fingerprint density at radius 2 is 2.12 bits per heavy atom. The summed E-state index contributed by atoms with van der Waals surface area (Å²) < 4.78 is 0. The Hall–Kier alpha value is -1.13. The average Bonchev–Trinajstić information content (AvgIpc) is 2.16. The van der Waals surface area contributed by atoms with E-state index in [1.54, 1.807) is 0 Å². The van der Waals surface area contributed by atoms with Crippen molar-refractivity contribution in [3.8, 4) is 17.9 Å². The van der Waals surface area contributed by atoms with Crippen LogP contribution in [-0.4, -0.2) is 23.5 Å². The third-order valence-corrected chi connectivity index (χ3v) is 2.27. The minimum atomic E-state index is -0.487. The lowest BCUT2D eigenvalue weighted by molar-refractivity contribution is -0.119. The van der Waals surface area contributed by atoms with E-state index in [0.29, 0.717) is 18.6 Å². The summed E-state index contributed by atoms with van der Waals surface area (Å²) in [6.07, 6.45) is 3.92. The van der Waals surface area contributed by atoms with Crippen molar-refractivity contribution in [2.45, 2.75) is 38.6 Å². The molecule has 0 unspecified atom stereocenters. The van der Waals surface area contributed by atoms with E-state index in [0.717, 1.165) is 6.42 Å². The normalized spacial score (nSPS) is 9.88. The van der Waals surface area contributed by atoms with Crippen molar-refractivity contribution < 1.29 is 4.79 Å². The Bertz CT molecular complexity index is 320. The average molecular weight is 238 g/mol. The standard InChI is InChI=1S/C12H18N2OS/c1-12(2,14-11(15)10-16-3)8-6-4-5-7-9-13/h4-5,7,10H2,1-3H3,(H,14,15). The Labute approximate surface area is 102 Å². The smallest absolute Gasteiger partial charge is 0.231 e. The SMILES string of the molecule is CSCC(=O)NC(C)(C)C#CCCCC#N. The van der Waals surface area contributed by atoms with Crippen molar-refractivity contribution in [1.29, 1.82) is 5.26 Å². The first-order valence-electron chi connectivity index (χ1n) is 5.19. The van der Waals surface area contributed by atoms with Gasteiger partial charge in [0.15, 0.2) is 0 Å². The second-order valence-corrected chi connectivity index (χ2v) is 4.79. The first-order chi connectivity index (χ1) is 7.52. The Kier molecular flexibility index (Phi) is 7.50. The monoisotopic (exact) mass is 238 g/mol. The molecule has 16 heavy (non-hydrogen) atoms. The summed E-state index contributed by atoms with van der Waals surface area (Å²) in [4.78, 5) is 11.4. The van der Waals surface area contributed by atoms with E-state index in [2.05, 4.69) is 23.2 Å². The maximum absolute atomic E-state index is 11.4. The molecule has 0 aliphatic carbocycles. The molecule has 0 fully saturated rings. The van der Waals surface area contributed by atoms with Gasteiger partial charge < -0.3 is 5.32 Å². The fourth-order valence-corrected chi connectivity index (χ4v) is 1.42. The molecule has 0 saturated heterocycles. The van der Waals surface area contributed by atoms with E-state index >= 15 is 0 Å². The van der Waals surface area contributed by atoms with Crippen LogP contribution in [0.15, 0.2) is 0 Å². The molecule has 0 spiro atoms. The van der Waals surface area contributed by atoms with Gasteiger partial charge in [-0.3, -0.25) is 4.79 Å². The molecule has 0 aromatic carbocycles. The fraction of sp³-hybridized carbons (Fsp3) is 0.667. The van der Waals surface area contributed by atoms with Gasteiger partial charge in [0.05, 0.1) is 17.4 Å². The van der Waals surface area contributed by atoms with Crippen LogP contribution in [0.25, 0.3) is 0 Å². The number of thioether (sulfide) groups is 1. The van der Waals surface area contributed by atoms with Gasteiger partial charge in [-0.1, -0.05) is 5.92 Å². The Balaban J connectivity index is 4.03. The number of hydrogen-bond donors (Lipinski definition) is 1. The van der Waals surface area contributed by atoms with E-state index in [9.17, 15) is 4.79 Å². The molecule has 0 radical (unpaired) electrons. The maximum Gasteiger partial charge on any atom is 0.231 e. The number of nitrogens with one attached hydrogen (secondary N) is 1. The quantitative estimate of drug-likeness (QED) is 0.588. The zero-order chi connectivity index (χ0) is 12.4. The lowest BCUT2D eigenvalue weighted by Gasteiger charge is -2.19. The first-order valence-corrected chi connectivity index (χ1v) is 6.58. The van der Waals surface area contributed by atoms with Crippen LogP contribution in [0.5, 0.6) is 0 Å². The molecule has 1 N–H and O–H groups in total. The van der Waals surface area contributed by atoms with Gasteiger partial charge in [0.1, 0.15) is 0 Å². The van der Waals surface area contributed by atoms with Crippen LogP contribution in [0, 0.1) is 23.2 Å². The van der Waals surface area contributed by atoms with Crippen molar-refractivity contribution in [1.82, 2.24) is 5.32 Å². The number of carbonyl (C=O) groups excluding carboxylic acids is 1. The van der Waals surface area contributed by atoms with Gasteiger partial charge >= 0.3 is 0 Å². The molecule has 0 saturated carbocycles. The number of carbonyl (C=O) groups is 1. The first kappa shape index (κ1) is 14.9. The molecular weight excluding hydrogens is 220 g/mol. The highest BCUT2D eigenvalue weighted by Crippen LogP contribution is 2.02. The number of nitrogens with zero attached hydrogens (tertiary/aromatic N) is 1. The van der Waals surface area contributed by atoms with Gasteiger partial charge in [-0.05, 0) is 26.5 Å². The van der Waals surface area contributed by atoms with Gasteiger partial charge in [-0.2, -0.15) is 17.0 Å². The summed E-state index contributed by atoms with van der Waals surface area (Å²) in [5.41, 5.74) is -0.487. The molecule has 0 aliphatic rings. The zero-order valence-electron chi connectivity index (χ0n) is 10.1. The van der Waals surface area contributed by atoms with Crippen molar-refractivity contribution in [2.75, 3.05) is 12.0 Å². The van der Waals surface area contributed by atoms with Crippen LogP contribution in [0.4, 0.5) is 0 Å². The van der Waals surface area contributed by atoms with Crippen molar-refractivity contribution in [3.05, 3.63) is 0 Å². The van der Waals surface area contributed by atoms with E-state index in [1.807, 2.05) is 20.1 Å². The lowest BCUT2D eigenvalue weighted by Crippen LogP contribution is -2.43. The van der Waals surface area contributed by atoms with Crippen molar-refractivity contribution >= 4 is 17.7 Å². The predicted octanol–water partition coefficient (Wildman–Crippen LogP) is 1.94. The summed E-state index contributed by atoms with van der Waals surface area (Å²) in [6, 6.07) is 2.07. The molecule has 0 atom stereocenters. The van der Waals surface area contributed by atoms with E-state index in [-0.39, 0.29) is 5.91 Å². The molecule has 88 valence electrons. The highest BCUT2D eigenvalue weighted by molar-refractivity contribution is 7.99. The van der Waals surface area contributed by atoms with Crippen molar-refractivity contribution in [2.24, 2.45) is 0 Å². The lowest BCUT2D eigenvalue weighted by atomic mass is 10.1. The second kappa shape index (κ2) is 8.07. The van der Waals surface area contributed by atoms with Crippen LogP contribution >= 0.6 is 11.8 Å². The van der Waals surface area contributed by atoms with Gasteiger partial charge in [0, 0.05) is 12.8 Å². The molecular formula is C12H18N2OS. The second-order valence-electron chi connectivity index (χ2n) is 3.92. The van der Waals surface area contributed by atoms with Crippen LogP contribution in [0.1, 0.15) is 33.1 Å². The Morgan fingerprint density at radius 3 is 2.69 bits per heavy atom. The topological polar surface area (TPSA) is 52.9 Å². The van der Waals surface area contributed by atoms with Crippen LogP contribution in [0.2, 0.25) is 0 Å². The summed E-state index contributed by atoms with van der Waals surface area (Å²) in [5.74, 6) is 6.45. The summed E-state index contributed by atoms with van der Waals surface area (Å²) >= 11 is 1.49. The van der Waals surface area contributed by atoms with Gasteiger partial charge in [0.25, 0.3) is 0 Å². The van der Waals surface area contributed by atoms with Gasteiger partial charge in [0.2, 0.25) is 5.91 Å². The van der Waals surface area contributed by atoms with Crippen LogP contribution in [0.3, 0.4) is 0 Å². The molecule has 3 nitrogen and oxygen atoms in total. The molecule has 0 aromatic heterocycles. The molecule has 4 heteroatoms. The third kappa shape index (κ3) is 8.20. The summed E-state index contributed by atoms with van der Waals surface area (Å²) in [6.45, 7) is 3.75. The number of nitriles is 1. The number of unbranched alkanes of at least 4 members (excludes halogenated alkanes) is 2. The predicted molar refractivity (Wildman–Crippen MR) is 67.8 cm³/mol. The molecule has 0 heterocycles. The molecule has 0 aliphatic heterocycles. The maximum atomic E-state index is 11.4. The van der Waals surface area contributed by atoms with Crippen LogP contribution < -0.4 is 5.32 Å². The molecule has 0 rings (SSSR count). The summed E-state index contributed by atoms with van der Waals surface area (Å²) in [7, 11) is 0. The van der Waals surface area contributed by atoms with E-state index in [1.165, 1.54) is 11.8 Å². The minimum absolute atomic E-state index is 0.00354. The molecule has 1 amide bonds. The highest BCUT2D eigenvalue weighted by atomic mass is 32.2. The number of amides is 1. The molecule has 0 aromatic rings. The highest BCUT2D eigenvalue weighted by Gasteiger charge is 2.16. The van der Waals surface area contributed by atoms with Crippen LogP contribution in [-0.2, 0) is 4.79 Å². The zero-order valence-corrected chi connectivity index (χ0v) is 10.9. The largest absolute Gasteiger partial charge is 0.340 e. The number of rotatable bonds is 5. The van der Waals surface area contributed by atoms with Gasteiger partial charge in [-0.25, -0.2) is 0 Å². The minimum Gasteiger partial charge on any atom is -0.340 e.